The summed E-state index contributed by atoms with van der Waals surface area (Å²) < 4.78 is 26.6. The first-order valence-electron chi connectivity index (χ1n) is 6.53. The van der Waals surface area contributed by atoms with E-state index in [0.717, 1.165) is 12.5 Å². The van der Waals surface area contributed by atoms with Gasteiger partial charge < -0.3 is 5.43 Å². The molecule has 3 N–H and O–H groups in total. The van der Waals surface area contributed by atoms with E-state index in [9.17, 15) is 18.5 Å². The number of nitrogens with zero attached hydrogens (tertiary/aromatic N) is 2. The van der Waals surface area contributed by atoms with Gasteiger partial charge in [-0.2, -0.15) is 4.31 Å². The number of nitrogens with two attached hydrogens (primary N) is 1. The van der Waals surface area contributed by atoms with E-state index in [1.807, 2.05) is 6.92 Å². The number of hydrogen-bond acceptors (Lipinski definition) is 6. The fourth-order valence-corrected chi connectivity index (χ4v) is 4.27. The maximum atomic E-state index is 12.6. The molecule has 1 heterocycles. The van der Waals surface area contributed by atoms with Gasteiger partial charge in [-0.25, -0.2) is 8.42 Å². The zero-order chi connectivity index (χ0) is 15.8. The highest BCUT2D eigenvalue weighted by molar-refractivity contribution is 7.89. The first-order chi connectivity index (χ1) is 9.77. The van der Waals surface area contributed by atoms with E-state index in [2.05, 4.69) is 5.43 Å². The quantitative estimate of drug-likeness (QED) is 0.490. The molecule has 0 amide bonds. The Balaban J connectivity index is 2.53. The molecule has 1 aromatic carbocycles. The highest BCUT2D eigenvalue weighted by Gasteiger charge is 2.33. The molecule has 0 aliphatic carbocycles. The van der Waals surface area contributed by atoms with Crippen LogP contribution in [0.25, 0.3) is 0 Å². The van der Waals surface area contributed by atoms with Gasteiger partial charge in [0.25, 0.3) is 5.69 Å². The van der Waals surface area contributed by atoms with E-state index in [4.69, 9.17) is 5.84 Å². The van der Waals surface area contributed by atoms with Crippen molar-refractivity contribution in [3.05, 3.63) is 27.8 Å². The Bertz CT molecular complexity index is 674. The van der Waals surface area contributed by atoms with E-state index in [-0.39, 0.29) is 16.3 Å². The Hall–Kier alpha value is -1.71. The summed E-state index contributed by atoms with van der Waals surface area (Å²) in [6.07, 6.45) is 0.794. The monoisotopic (exact) mass is 314 g/mol. The van der Waals surface area contributed by atoms with Crippen molar-refractivity contribution in [3.8, 4) is 0 Å². The molecule has 1 aromatic rings. The second-order valence-corrected chi connectivity index (χ2v) is 7.20. The van der Waals surface area contributed by atoms with Crippen LogP contribution in [0.4, 0.5) is 11.4 Å². The van der Waals surface area contributed by atoms with Crippen molar-refractivity contribution in [2.45, 2.75) is 25.2 Å². The minimum Gasteiger partial charge on any atom is -0.318 e. The topological polar surface area (TPSA) is 119 Å². The summed E-state index contributed by atoms with van der Waals surface area (Å²) in [6.45, 7) is 4.45. The first kappa shape index (κ1) is 15.7. The minimum atomic E-state index is -3.72. The van der Waals surface area contributed by atoms with Gasteiger partial charge in [0, 0.05) is 19.2 Å². The maximum absolute atomic E-state index is 12.6. The number of benzene rings is 1. The number of nitrogens with one attached hydrogen (secondary N) is 1. The lowest BCUT2D eigenvalue weighted by Gasteiger charge is -2.18. The van der Waals surface area contributed by atoms with Crippen molar-refractivity contribution in [3.63, 3.8) is 0 Å². The zero-order valence-electron chi connectivity index (χ0n) is 11.9. The van der Waals surface area contributed by atoms with Gasteiger partial charge in [0.1, 0.15) is 5.69 Å². The predicted octanol–water partition coefficient (Wildman–Crippen LogP) is 1.22. The maximum Gasteiger partial charge on any atom is 0.295 e. The molecule has 9 heteroatoms. The van der Waals surface area contributed by atoms with Crippen LogP contribution in [0.2, 0.25) is 0 Å². The average molecular weight is 314 g/mol. The second kappa shape index (κ2) is 5.58. The van der Waals surface area contributed by atoms with Crippen LogP contribution >= 0.6 is 0 Å². The van der Waals surface area contributed by atoms with Crippen LogP contribution in [-0.4, -0.2) is 30.7 Å². The Labute approximate surface area is 123 Å². The van der Waals surface area contributed by atoms with Crippen molar-refractivity contribution in [1.29, 1.82) is 0 Å². The molecule has 1 atom stereocenters. The smallest absolute Gasteiger partial charge is 0.295 e. The molecule has 1 saturated heterocycles. The molecule has 1 unspecified atom stereocenters. The molecule has 1 fully saturated rings. The van der Waals surface area contributed by atoms with Crippen molar-refractivity contribution in [2.75, 3.05) is 18.5 Å². The van der Waals surface area contributed by atoms with E-state index in [1.165, 1.54) is 10.4 Å². The normalized spacial score (nSPS) is 19.7. The molecule has 8 nitrogen and oxygen atoms in total. The fraction of sp³-hybridized carbons (Fsp3) is 0.500. The van der Waals surface area contributed by atoms with Crippen LogP contribution in [0, 0.1) is 23.0 Å². The molecule has 2 rings (SSSR count). The average Bonchev–Trinajstić information content (AvgIpc) is 2.85. The third kappa shape index (κ3) is 2.85. The van der Waals surface area contributed by atoms with Gasteiger partial charge in [0.15, 0.2) is 0 Å². The predicted molar refractivity (Wildman–Crippen MR) is 78.2 cm³/mol. The Morgan fingerprint density at radius 3 is 2.62 bits per heavy atom. The zero-order valence-corrected chi connectivity index (χ0v) is 12.7. The fourth-order valence-electron chi connectivity index (χ4n) is 2.47. The molecule has 0 spiro atoms. The summed E-state index contributed by atoms with van der Waals surface area (Å²) in [6, 6.07) is 2.45. The third-order valence-corrected chi connectivity index (χ3v) is 5.66. The molecule has 1 aliphatic rings. The van der Waals surface area contributed by atoms with E-state index in [0.29, 0.717) is 24.6 Å². The lowest BCUT2D eigenvalue weighted by Crippen LogP contribution is -2.29. The molecular formula is C12H18N4O4S. The van der Waals surface area contributed by atoms with Crippen LogP contribution in [0.1, 0.15) is 18.9 Å². The highest BCUT2D eigenvalue weighted by atomic mass is 32.2. The van der Waals surface area contributed by atoms with Crippen LogP contribution in [0.15, 0.2) is 17.0 Å². The molecule has 0 aromatic heterocycles. The third-order valence-electron chi connectivity index (χ3n) is 3.65. The minimum absolute atomic E-state index is 0.0395. The lowest BCUT2D eigenvalue weighted by atomic mass is 10.2. The molecular weight excluding hydrogens is 296 g/mol. The van der Waals surface area contributed by atoms with E-state index >= 15 is 0 Å². The van der Waals surface area contributed by atoms with Gasteiger partial charge in [-0.1, -0.05) is 6.92 Å². The SMILES string of the molecule is Cc1cc(NN)c([N+](=O)[O-])cc1S(=O)(=O)N1CCC(C)C1. The Morgan fingerprint density at radius 2 is 2.14 bits per heavy atom. The summed E-state index contributed by atoms with van der Waals surface area (Å²) in [5.74, 6) is 5.53. The number of nitro groups is 1. The molecule has 116 valence electrons. The van der Waals surface area contributed by atoms with Gasteiger partial charge in [0.05, 0.1) is 9.82 Å². The van der Waals surface area contributed by atoms with E-state index in [1.54, 1.807) is 6.92 Å². The number of rotatable bonds is 4. The van der Waals surface area contributed by atoms with Gasteiger partial charge >= 0.3 is 0 Å². The largest absolute Gasteiger partial charge is 0.318 e. The lowest BCUT2D eigenvalue weighted by molar-refractivity contribution is -0.384. The number of sulfonamides is 1. The van der Waals surface area contributed by atoms with Crippen LogP contribution in [0.3, 0.4) is 0 Å². The summed E-state index contributed by atoms with van der Waals surface area (Å²) in [4.78, 5) is 10.4. The number of nitro benzene ring substituents is 1. The molecule has 21 heavy (non-hydrogen) atoms. The second-order valence-electron chi connectivity index (χ2n) is 5.29. The standard InChI is InChI=1S/C12H18N4O4S/c1-8-3-4-15(7-8)21(19,20)12-6-11(16(17)18)10(14-13)5-9(12)2/h5-6,8,14H,3-4,7,13H2,1-2H3. The molecule has 0 saturated carbocycles. The highest BCUT2D eigenvalue weighted by Crippen LogP contribution is 2.33. The van der Waals surface area contributed by atoms with Crippen LogP contribution in [-0.2, 0) is 10.0 Å². The molecule has 1 aliphatic heterocycles. The van der Waals surface area contributed by atoms with Crippen molar-refractivity contribution in [2.24, 2.45) is 11.8 Å². The summed E-state index contributed by atoms with van der Waals surface area (Å²) in [5.41, 5.74) is 2.38. The number of aryl methyl sites for hydroxylation is 1. The molecule has 0 bridgehead atoms. The Kier molecular flexibility index (Phi) is 4.17. The van der Waals surface area contributed by atoms with Gasteiger partial charge in [0.2, 0.25) is 10.0 Å². The van der Waals surface area contributed by atoms with Gasteiger partial charge in [-0.15, -0.1) is 0 Å². The molecule has 0 radical (unpaired) electrons. The van der Waals surface area contributed by atoms with E-state index < -0.39 is 14.9 Å². The van der Waals surface area contributed by atoms with Gasteiger partial charge in [-0.3, -0.25) is 16.0 Å². The van der Waals surface area contributed by atoms with Crippen LogP contribution < -0.4 is 11.3 Å². The van der Waals surface area contributed by atoms with Gasteiger partial charge in [-0.05, 0) is 30.9 Å². The van der Waals surface area contributed by atoms with Crippen molar-refractivity contribution < 1.29 is 13.3 Å². The number of nitrogen functional groups attached to an aromatic ring is 1. The number of hydrazine groups is 1. The Morgan fingerprint density at radius 1 is 1.48 bits per heavy atom. The van der Waals surface area contributed by atoms with Crippen LogP contribution in [0.5, 0.6) is 0 Å². The van der Waals surface area contributed by atoms with Crippen molar-refractivity contribution in [1.82, 2.24) is 4.31 Å². The number of anilines is 1. The summed E-state index contributed by atoms with van der Waals surface area (Å²) >= 11 is 0. The summed E-state index contributed by atoms with van der Waals surface area (Å²) in [7, 11) is -3.72. The summed E-state index contributed by atoms with van der Waals surface area (Å²) in [5, 5.41) is 11.0. The first-order valence-corrected chi connectivity index (χ1v) is 7.97. The number of hydrogen-bond donors (Lipinski definition) is 2. The van der Waals surface area contributed by atoms with Crippen molar-refractivity contribution >= 4 is 21.4 Å².